The summed E-state index contributed by atoms with van der Waals surface area (Å²) in [4.78, 5) is 10.9. The van der Waals surface area contributed by atoms with Gasteiger partial charge in [0.2, 0.25) is 0 Å². The third-order valence-electron chi connectivity index (χ3n) is 1.69. The number of aromatic nitrogens is 1. The standard InChI is InChI=1S/C8H13N3O/c1-6-3-4-7(2)11(6)10-8(12)5-9/h3-4H,5,9H2,1-2H3,(H,10,12). The first-order valence-corrected chi connectivity index (χ1v) is 3.80. The molecule has 0 radical (unpaired) electrons. The van der Waals surface area contributed by atoms with Crippen molar-refractivity contribution < 1.29 is 4.79 Å². The number of hydrogen-bond acceptors (Lipinski definition) is 2. The summed E-state index contributed by atoms with van der Waals surface area (Å²) in [5, 5.41) is 0. The lowest BCUT2D eigenvalue weighted by Crippen LogP contribution is -2.30. The van der Waals surface area contributed by atoms with E-state index < -0.39 is 0 Å². The van der Waals surface area contributed by atoms with Crippen LogP contribution in [0, 0.1) is 13.8 Å². The minimum absolute atomic E-state index is 0.0110. The van der Waals surface area contributed by atoms with Crippen LogP contribution in [0.5, 0.6) is 0 Å². The normalized spacial score (nSPS) is 9.92. The van der Waals surface area contributed by atoms with Gasteiger partial charge < -0.3 is 5.73 Å². The highest BCUT2D eigenvalue weighted by Crippen LogP contribution is 2.03. The summed E-state index contributed by atoms with van der Waals surface area (Å²) in [5.74, 6) is -0.183. The highest BCUT2D eigenvalue weighted by Gasteiger charge is 2.02. The van der Waals surface area contributed by atoms with E-state index >= 15 is 0 Å². The predicted octanol–water partition coefficient (Wildman–Crippen LogP) is 0.134. The number of nitrogens with zero attached hydrogens (tertiary/aromatic N) is 1. The van der Waals surface area contributed by atoms with Crippen molar-refractivity contribution in [2.75, 3.05) is 12.0 Å². The molecule has 0 aromatic carbocycles. The van der Waals surface area contributed by atoms with Crippen molar-refractivity contribution in [2.24, 2.45) is 5.73 Å². The average Bonchev–Trinajstić information content (AvgIpc) is 2.35. The second kappa shape index (κ2) is 3.40. The Labute approximate surface area is 71.3 Å². The molecule has 0 saturated carbocycles. The molecule has 0 saturated heterocycles. The summed E-state index contributed by atoms with van der Waals surface area (Å²) in [6.07, 6.45) is 0. The fourth-order valence-corrected chi connectivity index (χ4v) is 1.02. The Hall–Kier alpha value is -1.29. The van der Waals surface area contributed by atoms with Gasteiger partial charge >= 0.3 is 0 Å². The van der Waals surface area contributed by atoms with Crippen LogP contribution in [0.1, 0.15) is 11.4 Å². The van der Waals surface area contributed by atoms with Crippen molar-refractivity contribution in [1.29, 1.82) is 0 Å². The SMILES string of the molecule is Cc1ccc(C)n1NC(=O)CN. The number of amides is 1. The zero-order valence-corrected chi connectivity index (χ0v) is 7.29. The lowest BCUT2D eigenvalue weighted by molar-refractivity contribution is -0.115. The maximum atomic E-state index is 10.9. The number of hydrogen-bond donors (Lipinski definition) is 2. The summed E-state index contributed by atoms with van der Waals surface area (Å²) in [6.45, 7) is 3.85. The molecule has 0 aliphatic carbocycles. The highest BCUT2D eigenvalue weighted by atomic mass is 16.2. The minimum atomic E-state index is -0.183. The molecule has 1 aromatic rings. The number of carbonyl (C=O) groups excluding carboxylic acids is 1. The number of carbonyl (C=O) groups is 1. The van der Waals surface area contributed by atoms with Crippen LogP contribution in [0.2, 0.25) is 0 Å². The average molecular weight is 167 g/mol. The Morgan fingerprint density at radius 3 is 2.42 bits per heavy atom. The molecule has 3 N–H and O–H groups in total. The van der Waals surface area contributed by atoms with Crippen LogP contribution in [-0.4, -0.2) is 17.1 Å². The first-order valence-electron chi connectivity index (χ1n) is 3.80. The van der Waals surface area contributed by atoms with E-state index in [1.165, 1.54) is 0 Å². The number of aryl methyl sites for hydroxylation is 2. The number of nitrogens with two attached hydrogens (primary N) is 1. The molecule has 1 heterocycles. The summed E-state index contributed by atoms with van der Waals surface area (Å²) >= 11 is 0. The van der Waals surface area contributed by atoms with Gasteiger partial charge in [-0.3, -0.25) is 14.9 Å². The molecule has 4 nitrogen and oxygen atoms in total. The predicted molar refractivity (Wildman–Crippen MR) is 47.3 cm³/mol. The molecule has 0 fully saturated rings. The molecular weight excluding hydrogens is 154 g/mol. The van der Waals surface area contributed by atoms with E-state index in [1.54, 1.807) is 4.68 Å². The van der Waals surface area contributed by atoms with Crippen molar-refractivity contribution in [3.05, 3.63) is 23.5 Å². The Kier molecular flexibility index (Phi) is 2.50. The van der Waals surface area contributed by atoms with E-state index in [0.717, 1.165) is 11.4 Å². The maximum absolute atomic E-state index is 10.9. The second-order valence-corrected chi connectivity index (χ2v) is 2.69. The summed E-state index contributed by atoms with van der Waals surface area (Å²) in [7, 11) is 0. The van der Waals surface area contributed by atoms with Gasteiger partial charge in [0.25, 0.3) is 5.91 Å². The van der Waals surface area contributed by atoms with E-state index in [9.17, 15) is 4.79 Å². The topological polar surface area (TPSA) is 60.0 Å². The smallest absolute Gasteiger partial charge is 0.252 e. The minimum Gasteiger partial charge on any atom is -0.322 e. The Balaban J connectivity index is 2.80. The lowest BCUT2D eigenvalue weighted by Gasteiger charge is -2.09. The van der Waals surface area contributed by atoms with Gasteiger partial charge in [-0.1, -0.05) is 0 Å². The molecule has 66 valence electrons. The van der Waals surface area contributed by atoms with Gasteiger partial charge in [-0.05, 0) is 26.0 Å². The lowest BCUT2D eigenvalue weighted by atomic mass is 10.5. The fourth-order valence-electron chi connectivity index (χ4n) is 1.02. The van der Waals surface area contributed by atoms with Gasteiger partial charge in [-0.25, -0.2) is 0 Å². The van der Waals surface area contributed by atoms with Crippen molar-refractivity contribution >= 4 is 5.91 Å². The van der Waals surface area contributed by atoms with Gasteiger partial charge in [0, 0.05) is 11.4 Å². The van der Waals surface area contributed by atoms with Gasteiger partial charge in [0.1, 0.15) is 0 Å². The van der Waals surface area contributed by atoms with E-state index in [2.05, 4.69) is 5.43 Å². The Bertz CT molecular complexity index is 271. The molecule has 0 aliphatic rings. The van der Waals surface area contributed by atoms with Gasteiger partial charge in [-0.2, -0.15) is 0 Å². The quantitative estimate of drug-likeness (QED) is 0.658. The molecule has 0 bridgehead atoms. The summed E-state index contributed by atoms with van der Waals surface area (Å²) < 4.78 is 1.72. The van der Waals surface area contributed by atoms with Crippen molar-refractivity contribution in [3.8, 4) is 0 Å². The Morgan fingerprint density at radius 2 is 2.00 bits per heavy atom. The zero-order valence-electron chi connectivity index (χ0n) is 7.29. The molecule has 0 unspecified atom stereocenters. The first-order chi connectivity index (χ1) is 5.65. The van der Waals surface area contributed by atoms with E-state index in [0.29, 0.717) is 0 Å². The van der Waals surface area contributed by atoms with E-state index in [1.807, 2.05) is 26.0 Å². The largest absolute Gasteiger partial charge is 0.322 e. The van der Waals surface area contributed by atoms with E-state index in [4.69, 9.17) is 5.73 Å². The van der Waals surface area contributed by atoms with Crippen molar-refractivity contribution in [3.63, 3.8) is 0 Å². The Morgan fingerprint density at radius 1 is 1.50 bits per heavy atom. The molecule has 0 atom stereocenters. The van der Waals surface area contributed by atoms with Crippen molar-refractivity contribution in [2.45, 2.75) is 13.8 Å². The van der Waals surface area contributed by atoms with Crippen LogP contribution < -0.4 is 11.2 Å². The second-order valence-electron chi connectivity index (χ2n) is 2.69. The zero-order chi connectivity index (χ0) is 9.14. The van der Waals surface area contributed by atoms with Crippen LogP contribution in [0.15, 0.2) is 12.1 Å². The van der Waals surface area contributed by atoms with Gasteiger partial charge in [0.05, 0.1) is 6.54 Å². The van der Waals surface area contributed by atoms with Gasteiger partial charge in [0.15, 0.2) is 0 Å². The van der Waals surface area contributed by atoms with Gasteiger partial charge in [-0.15, -0.1) is 0 Å². The fraction of sp³-hybridized carbons (Fsp3) is 0.375. The molecule has 12 heavy (non-hydrogen) atoms. The number of nitrogens with one attached hydrogen (secondary N) is 1. The molecular formula is C8H13N3O. The van der Waals surface area contributed by atoms with Crippen LogP contribution in [0.3, 0.4) is 0 Å². The highest BCUT2D eigenvalue weighted by molar-refractivity contribution is 5.85. The van der Waals surface area contributed by atoms with Crippen LogP contribution >= 0.6 is 0 Å². The number of rotatable bonds is 2. The van der Waals surface area contributed by atoms with E-state index in [-0.39, 0.29) is 12.5 Å². The van der Waals surface area contributed by atoms with Crippen LogP contribution in [0.4, 0.5) is 0 Å². The molecule has 1 aromatic heterocycles. The molecule has 0 aliphatic heterocycles. The first kappa shape index (κ1) is 8.80. The molecule has 1 rings (SSSR count). The summed E-state index contributed by atoms with van der Waals surface area (Å²) in [6, 6.07) is 3.87. The van der Waals surface area contributed by atoms with Crippen LogP contribution in [-0.2, 0) is 4.79 Å². The third-order valence-corrected chi connectivity index (χ3v) is 1.69. The molecule has 0 spiro atoms. The summed E-state index contributed by atoms with van der Waals surface area (Å²) in [5.41, 5.74) is 9.81. The monoisotopic (exact) mass is 167 g/mol. The maximum Gasteiger partial charge on any atom is 0.252 e. The van der Waals surface area contributed by atoms with Crippen LogP contribution in [0.25, 0.3) is 0 Å². The molecule has 4 heteroatoms. The van der Waals surface area contributed by atoms with Crippen molar-refractivity contribution in [1.82, 2.24) is 4.68 Å². The molecule has 1 amide bonds. The third kappa shape index (κ3) is 1.65.